The number of benzene rings is 1. The lowest BCUT2D eigenvalue weighted by molar-refractivity contribution is -0.153. The van der Waals surface area contributed by atoms with Crippen molar-refractivity contribution in [1.82, 2.24) is 0 Å². The molecule has 0 saturated carbocycles. The van der Waals surface area contributed by atoms with Crippen LogP contribution in [0.25, 0.3) is 0 Å². The molecule has 1 aromatic rings. The van der Waals surface area contributed by atoms with Gasteiger partial charge < -0.3 is 9.47 Å². The fourth-order valence-corrected chi connectivity index (χ4v) is 1.24. The maximum absolute atomic E-state index is 11.9. The molecule has 0 atom stereocenters. The van der Waals surface area contributed by atoms with Crippen LogP contribution in [0.1, 0.15) is 20.3 Å². The summed E-state index contributed by atoms with van der Waals surface area (Å²) in [4.78, 5) is 23.0. The van der Waals surface area contributed by atoms with E-state index in [4.69, 9.17) is 4.74 Å². The van der Waals surface area contributed by atoms with Gasteiger partial charge in [0, 0.05) is 0 Å². The summed E-state index contributed by atoms with van der Waals surface area (Å²) < 4.78 is 9.72. The number of ether oxygens (including phenoxy) is 2. The van der Waals surface area contributed by atoms with E-state index in [0.717, 1.165) is 0 Å². The second-order valence-electron chi connectivity index (χ2n) is 4.34. The average molecular weight is 236 g/mol. The summed E-state index contributed by atoms with van der Waals surface area (Å²) >= 11 is 0. The van der Waals surface area contributed by atoms with Gasteiger partial charge in [0.1, 0.15) is 5.75 Å². The van der Waals surface area contributed by atoms with Gasteiger partial charge in [0.15, 0.2) is 0 Å². The van der Waals surface area contributed by atoms with Crippen LogP contribution in [-0.2, 0) is 14.3 Å². The van der Waals surface area contributed by atoms with E-state index in [1.165, 1.54) is 7.11 Å². The van der Waals surface area contributed by atoms with Gasteiger partial charge >= 0.3 is 11.9 Å². The van der Waals surface area contributed by atoms with E-state index in [1.54, 1.807) is 38.1 Å². The Balaban J connectivity index is 2.66. The SMILES string of the molecule is COC(=O)CC(C)(C)C(=O)Oc1ccccc1. The summed E-state index contributed by atoms with van der Waals surface area (Å²) in [6, 6.07) is 8.75. The molecule has 0 aromatic heterocycles. The summed E-state index contributed by atoms with van der Waals surface area (Å²) in [6.45, 7) is 3.30. The first-order valence-electron chi connectivity index (χ1n) is 5.30. The maximum atomic E-state index is 11.9. The molecule has 0 aliphatic carbocycles. The quantitative estimate of drug-likeness (QED) is 0.594. The van der Waals surface area contributed by atoms with Gasteiger partial charge in [0.25, 0.3) is 0 Å². The molecule has 92 valence electrons. The Morgan fingerprint density at radius 2 is 1.76 bits per heavy atom. The zero-order chi connectivity index (χ0) is 12.9. The van der Waals surface area contributed by atoms with Crippen LogP contribution in [0.3, 0.4) is 0 Å². The predicted octanol–water partition coefficient (Wildman–Crippen LogP) is 2.18. The Morgan fingerprint density at radius 3 is 2.29 bits per heavy atom. The lowest BCUT2D eigenvalue weighted by Crippen LogP contribution is -2.31. The van der Waals surface area contributed by atoms with E-state index >= 15 is 0 Å². The minimum Gasteiger partial charge on any atom is -0.469 e. The van der Waals surface area contributed by atoms with Gasteiger partial charge in [-0.3, -0.25) is 9.59 Å². The largest absolute Gasteiger partial charge is 0.469 e. The molecular formula is C13H16O4. The third-order valence-corrected chi connectivity index (χ3v) is 2.32. The molecule has 0 spiro atoms. The number of para-hydroxylation sites is 1. The van der Waals surface area contributed by atoms with Crippen LogP contribution in [-0.4, -0.2) is 19.0 Å². The van der Waals surface area contributed by atoms with Gasteiger partial charge in [-0.05, 0) is 26.0 Å². The normalized spacial score (nSPS) is 10.8. The number of methoxy groups -OCH3 is 1. The zero-order valence-electron chi connectivity index (χ0n) is 10.2. The first-order valence-corrected chi connectivity index (χ1v) is 5.30. The molecule has 0 saturated heterocycles. The van der Waals surface area contributed by atoms with E-state index in [1.807, 2.05) is 6.07 Å². The molecule has 17 heavy (non-hydrogen) atoms. The second-order valence-corrected chi connectivity index (χ2v) is 4.34. The molecule has 0 N–H and O–H groups in total. The first-order chi connectivity index (χ1) is 7.95. The van der Waals surface area contributed by atoms with Crippen molar-refractivity contribution in [3.63, 3.8) is 0 Å². The Bertz CT molecular complexity index is 395. The van der Waals surface area contributed by atoms with Crippen molar-refractivity contribution < 1.29 is 19.1 Å². The molecular weight excluding hydrogens is 220 g/mol. The highest BCUT2D eigenvalue weighted by atomic mass is 16.5. The predicted molar refractivity (Wildman–Crippen MR) is 62.5 cm³/mol. The summed E-state index contributed by atoms with van der Waals surface area (Å²) in [5, 5.41) is 0. The van der Waals surface area contributed by atoms with Crippen LogP contribution >= 0.6 is 0 Å². The molecule has 0 fully saturated rings. The van der Waals surface area contributed by atoms with Gasteiger partial charge in [-0.25, -0.2) is 0 Å². The summed E-state index contributed by atoms with van der Waals surface area (Å²) in [5.74, 6) is -0.412. The van der Waals surface area contributed by atoms with Crippen molar-refractivity contribution in [3.8, 4) is 5.75 Å². The first kappa shape index (κ1) is 13.2. The Hall–Kier alpha value is -1.84. The molecule has 0 radical (unpaired) electrons. The standard InChI is InChI=1S/C13H16O4/c1-13(2,9-11(14)16-3)12(15)17-10-7-5-4-6-8-10/h4-8H,9H2,1-3H3. The Morgan fingerprint density at radius 1 is 1.18 bits per heavy atom. The van der Waals surface area contributed by atoms with Crippen LogP contribution in [0.2, 0.25) is 0 Å². The van der Waals surface area contributed by atoms with Gasteiger partial charge in [0.05, 0.1) is 18.9 Å². The number of rotatable bonds is 4. The van der Waals surface area contributed by atoms with E-state index < -0.39 is 17.4 Å². The molecule has 0 heterocycles. The number of carbonyl (C=O) groups is 2. The number of carbonyl (C=O) groups excluding carboxylic acids is 2. The third-order valence-electron chi connectivity index (χ3n) is 2.32. The van der Waals surface area contributed by atoms with Crippen LogP contribution in [0, 0.1) is 5.41 Å². The van der Waals surface area contributed by atoms with Crippen molar-refractivity contribution in [2.24, 2.45) is 5.41 Å². The van der Waals surface area contributed by atoms with Crippen molar-refractivity contribution in [2.45, 2.75) is 20.3 Å². The number of hydrogen-bond acceptors (Lipinski definition) is 4. The molecule has 4 nitrogen and oxygen atoms in total. The summed E-state index contributed by atoms with van der Waals surface area (Å²) in [6.07, 6.45) is -0.00479. The lowest BCUT2D eigenvalue weighted by atomic mass is 9.89. The van der Waals surface area contributed by atoms with E-state index in [-0.39, 0.29) is 6.42 Å². The highest BCUT2D eigenvalue weighted by Crippen LogP contribution is 2.24. The molecule has 0 bridgehead atoms. The minimum atomic E-state index is -0.900. The molecule has 0 aliphatic heterocycles. The van der Waals surface area contributed by atoms with E-state index in [9.17, 15) is 9.59 Å². The number of hydrogen-bond donors (Lipinski definition) is 0. The van der Waals surface area contributed by atoms with Crippen molar-refractivity contribution in [1.29, 1.82) is 0 Å². The van der Waals surface area contributed by atoms with Crippen molar-refractivity contribution in [3.05, 3.63) is 30.3 Å². The maximum Gasteiger partial charge on any atom is 0.317 e. The van der Waals surface area contributed by atoms with Gasteiger partial charge in [-0.15, -0.1) is 0 Å². The van der Waals surface area contributed by atoms with E-state index in [2.05, 4.69) is 4.74 Å². The van der Waals surface area contributed by atoms with Crippen LogP contribution < -0.4 is 4.74 Å². The minimum absolute atomic E-state index is 0.00479. The van der Waals surface area contributed by atoms with Crippen molar-refractivity contribution >= 4 is 11.9 Å². The molecule has 1 rings (SSSR count). The van der Waals surface area contributed by atoms with Gasteiger partial charge in [-0.2, -0.15) is 0 Å². The molecule has 1 aromatic carbocycles. The monoisotopic (exact) mass is 236 g/mol. The highest BCUT2D eigenvalue weighted by molar-refractivity contribution is 5.84. The smallest absolute Gasteiger partial charge is 0.317 e. The second kappa shape index (κ2) is 5.48. The molecule has 0 unspecified atom stereocenters. The number of esters is 2. The fraction of sp³-hybridized carbons (Fsp3) is 0.385. The summed E-state index contributed by atoms with van der Waals surface area (Å²) in [7, 11) is 1.29. The zero-order valence-corrected chi connectivity index (χ0v) is 10.2. The van der Waals surface area contributed by atoms with Crippen LogP contribution in [0.15, 0.2) is 30.3 Å². The van der Waals surface area contributed by atoms with Gasteiger partial charge in [-0.1, -0.05) is 18.2 Å². The molecule has 0 aliphatic rings. The van der Waals surface area contributed by atoms with Gasteiger partial charge in [0.2, 0.25) is 0 Å². The topological polar surface area (TPSA) is 52.6 Å². The summed E-state index contributed by atoms with van der Waals surface area (Å²) in [5.41, 5.74) is -0.900. The Kier molecular flexibility index (Phi) is 4.26. The lowest BCUT2D eigenvalue weighted by Gasteiger charge is -2.20. The fourth-order valence-electron chi connectivity index (χ4n) is 1.24. The van der Waals surface area contributed by atoms with Crippen LogP contribution in [0.5, 0.6) is 5.75 Å². The van der Waals surface area contributed by atoms with Crippen molar-refractivity contribution in [2.75, 3.05) is 7.11 Å². The molecule has 4 heteroatoms. The average Bonchev–Trinajstić information content (AvgIpc) is 2.29. The van der Waals surface area contributed by atoms with E-state index in [0.29, 0.717) is 5.75 Å². The molecule has 0 amide bonds. The Labute approximate surface area is 101 Å². The third kappa shape index (κ3) is 3.90. The van der Waals surface area contributed by atoms with Crippen LogP contribution in [0.4, 0.5) is 0 Å². The highest BCUT2D eigenvalue weighted by Gasteiger charge is 2.33.